The first-order chi connectivity index (χ1) is 9.97. The molecule has 0 heterocycles. The molecule has 2 amide bonds. The molecule has 3 nitrogen and oxygen atoms in total. The van der Waals surface area contributed by atoms with Crippen molar-refractivity contribution < 1.29 is 9.18 Å². The van der Waals surface area contributed by atoms with Crippen LogP contribution in [0.3, 0.4) is 0 Å². The van der Waals surface area contributed by atoms with E-state index in [2.05, 4.69) is 13.5 Å². The number of hydrogen-bond donors (Lipinski definition) is 1. The summed E-state index contributed by atoms with van der Waals surface area (Å²) in [6.07, 6.45) is 4.10. The third-order valence-corrected chi connectivity index (χ3v) is 3.71. The number of amides is 2. The van der Waals surface area contributed by atoms with E-state index in [9.17, 15) is 9.18 Å². The van der Waals surface area contributed by atoms with Gasteiger partial charge >= 0.3 is 6.03 Å². The number of carbonyl (C=O) groups is 1. The molecule has 4 heteroatoms. The van der Waals surface area contributed by atoms with Crippen LogP contribution < -0.4 is 5.73 Å². The second kappa shape index (κ2) is 8.45. The van der Waals surface area contributed by atoms with Crippen molar-refractivity contribution in [2.45, 2.75) is 38.5 Å². The summed E-state index contributed by atoms with van der Waals surface area (Å²) in [5, 5.41) is 0. The monoisotopic (exact) mass is 292 g/mol. The maximum absolute atomic E-state index is 14.1. The van der Waals surface area contributed by atoms with Gasteiger partial charge in [0.15, 0.2) is 0 Å². The number of rotatable bonds is 8. The topological polar surface area (TPSA) is 46.3 Å². The second-order valence-corrected chi connectivity index (χ2v) is 5.41. The van der Waals surface area contributed by atoms with E-state index < -0.39 is 6.03 Å². The molecule has 0 radical (unpaired) electrons. The number of urea groups is 1. The SMILES string of the molecule is C=C(CCCCC)C(CN(C)C(N)=O)c1ccccc1F. The van der Waals surface area contributed by atoms with Crippen molar-refractivity contribution in [3.63, 3.8) is 0 Å². The molecule has 0 fully saturated rings. The molecule has 1 rings (SSSR count). The fourth-order valence-corrected chi connectivity index (χ4v) is 2.35. The number of carbonyl (C=O) groups excluding carboxylic acids is 1. The zero-order valence-electron chi connectivity index (χ0n) is 12.9. The summed E-state index contributed by atoms with van der Waals surface area (Å²) in [6.45, 7) is 6.60. The lowest BCUT2D eigenvalue weighted by Crippen LogP contribution is -2.35. The Morgan fingerprint density at radius 2 is 2.05 bits per heavy atom. The fourth-order valence-electron chi connectivity index (χ4n) is 2.35. The van der Waals surface area contributed by atoms with Crippen LogP contribution in [0.25, 0.3) is 0 Å². The molecule has 1 atom stereocenters. The van der Waals surface area contributed by atoms with Gasteiger partial charge in [0, 0.05) is 19.5 Å². The average Bonchev–Trinajstić information content (AvgIpc) is 2.45. The van der Waals surface area contributed by atoms with Crippen LogP contribution in [-0.2, 0) is 0 Å². The molecule has 0 bridgehead atoms. The molecule has 2 N–H and O–H groups in total. The van der Waals surface area contributed by atoms with Gasteiger partial charge in [0.2, 0.25) is 0 Å². The van der Waals surface area contributed by atoms with E-state index in [-0.39, 0.29) is 11.7 Å². The van der Waals surface area contributed by atoms with E-state index in [0.717, 1.165) is 31.3 Å². The predicted molar refractivity (Wildman–Crippen MR) is 84.6 cm³/mol. The molecule has 0 aliphatic carbocycles. The summed E-state index contributed by atoms with van der Waals surface area (Å²) in [4.78, 5) is 12.7. The van der Waals surface area contributed by atoms with Gasteiger partial charge in [-0.1, -0.05) is 50.1 Å². The molecule has 0 aromatic heterocycles. The Bertz CT molecular complexity index is 487. The largest absolute Gasteiger partial charge is 0.351 e. The molecule has 0 saturated heterocycles. The number of unbranched alkanes of at least 4 members (excludes halogenated alkanes) is 2. The highest BCUT2D eigenvalue weighted by Crippen LogP contribution is 2.29. The predicted octanol–water partition coefficient (Wildman–Crippen LogP) is 4.06. The first kappa shape index (κ1) is 17.2. The van der Waals surface area contributed by atoms with Crippen LogP contribution in [0.15, 0.2) is 36.4 Å². The van der Waals surface area contributed by atoms with Gasteiger partial charge in [0.05, 0.1) is 0 Å². The van der Waals surface area contributed by atoms with Gasteiger partial charge in [-0.25, -0.2) is 9.18 Å². The van der Waals surface area contributed by atoms with Crippen molar-refractivity contribution in [2.75, 3.05) is 13.6 Å². The number of benzene rings is 1. The van der Waals surface area contributed by atoms with Crippen LogP contribution in [0.5, 0.6) is 0 Å². The molecule has 116 valence electrons. The maximum Gasteiger partial charge on any atom is 0.314 e. The molecule has 1 unspecified atom stereocenters. The minimum absolute atomic E-state index is 0.222. The Morgan fingerprint density at radius 1 is 1.38 bits per heavy atom. The smallest absolute Gasteiger partial charge is 0.314 e. The van der Waals surface area contributed by atoms with Crippen LogP contribution in [-0.4, -0.2) is 24.5 Å². The quantitative estimate of drug-likeness (QED) is 0.570. The minimum Gasteiger partial charge on any atom is -0.351 e. The minimum atomic E-state index is -0.516. The third kappa shape index (κ3) is 5.21. The normalized spacial score (nSPS) is 12.0. The highest BCUT2D eigenvalue weighted by molar-refractivity contribution is 5.71. The van der Waals surface area contributed by atoms with E-state index in [1.54, 1.807) is 25.2 Å². The highest BCUT2D eigenvalue weighted by atomic mass is 19.1. The highest BCUT2D eigenvalue weighted by Gasteiger charge is 2.21. The van der Waals surface area contributed by atoms with E-state index in [1.165, 1.54) is 11.0 Å². The van der Waals surface area contributed by atoms with Crippen molar-refractivity contribution in [1.82, 2.24) is 4.90 Å². The molecule has 1 aromatic carbocycles. The van der Waals surface area contributed by atoms with Crippen molar-refractivity contribution in [3.8, 4) is 0 Å². The average molecular weight is 292 g/mol. The molecule has 0 aliphatic heterocycles. The number of halogens is 1. The molecule has 1 aromatic rings. The fraction of sp³-hybridized carbons (Fsp3) is 0.471. The first-order valence-corrected chi connectivity index (χ1v) is 7.40. The second-order valence-electron chi connectivity index (χ2n) is 5.41. The van der Waals surface area contributed by atoms with Crippen LogP contribution >= 0.6 is 0 Å². The Balaban J connectivity index is 2.92. The molecule has 0 saturated carbocycles. The number of likely N-dealkylation sites (N-methyl/N-ethyl adjacent to an activating group) is 1. The van der Waals surface area contributed by atoms with Gasteiger partial charge in [-0.05, 0) is 24.5 Å². The van der Waals surface area contributed by atoms with Crippen LogP contribution in [0.2, 0.25) is 0 Å². The van der Waals surface area contributed by atoms with Crippen molar-refractivity contribution in [2.24, 2.45) is 5.73 Å². The Kier molecular flexibility index (Phi) is 6.92. The molecule has 0 spiro atoms. The van der Waals surface area contributed by atoms with Gasteiger partial charge in [-0.15, -0.1) is 0 Å². The Labute approximate surface area is 126 Å². The van der Waals surface area contributed by atoms with Gasteiger partial charge < -0.3 is 10.6 Å². The summed E-state index contributed by atoms with van der Waals surface area (Å²) in [5.74, 6) is -0.488. The Morgan fingerprint density at radius 3 is 2.62 bits per heavy atom. The molecule has 0 aliphatic rings. The van der Waals surface area contributed by atoms with Crippen LogP contribution in [0.4, 0.5) is 9.18 Å². The number of nitrogens with two attached hydrogens (primary N) is 1. The lowest BCUT2D eigenvalue weighted by molar-refractivity contribution is 0.216. The molecular formula is C17H25FN2O. The first-order valence-electron chi connectivity index (χ1n) is 7.40. The maximum atomic E-state index is 14.1. The van der Waals surface area contributed by atoms with E-state index >= 15 is 0 Å². The van der Waals surface area contributed by atoms with Crippen LogP contribution in [0, 0.1) is 5.82 Å². The summed E-state index contributed by atoms with van der Waals surface area (Å²) >= 11 is 0. The summed E-state index contributed by atoms with van der Waals surface area (Å²) in [5.41, 5.74) is 6.81. The molecule has 21 heavy (non-hydrogen) atoms. The zero-order valence-corrected chi connectivity index (χ0v) is 12.9. The summed E-state index contributed by atoms with van der Waals surface area (Å²) < 4.78 is 14.1. The molecular weight excluding hydrogens is 267 g/mol. The Hall–Kier alpha value is -1.84. The van der Waals surface area contributed by atoms with E-state index in [1.807, 2.05) is 0 Å². The third-order valence-electron chi connectivity index (χ3n) is 3.71. The lowest BCUT2D eigenvalue weighted by atomic mass is 9.88. The van der Waals surface area contributed by atoms with Crippen molar-refractivity contribution >= 4 is 6.03 Å². The number of nitrogens with zero attached hydrogens (tertiary/aromatic N) is 1. The van der Waals surface area contributed by atoms with Crippen molar-refractivity contribution in [1.29, 1.82) is 0 Å². The van der Waals surface area contributed by atoms with Gasteiger partial charge in [-0.2, -0.15) is 0 Å². The lowest BCUT2D eigenvalue weighted by Gasteiger charge is -2.25. The number of primary amides is 1. The standard InChI is InChI=1S/C17H25FN2O/c1-4-5-6-9-13(2)15(12-20(3)17(19)21)14-10-7-8-11-16(14)18/h7-8,10-11,15H,2,4-6,9,12H2,1,3H3,(H2,19,21). The van der Waals surface area contributed by atoms with E-state index in [0.29, 0.717) is 12.1 Å². The van der Waals surface area contributed by atoms with Gasteiger partial charge in [0.25, 0.3) is 0 Å². The summed E-state index contributed by atoms with van der Waals surface area (Å²) in [6, 6.07) is 6.13. The van der Waals surface area contributed by atoms with E-state index in [4.69, 9.17) is 5.73 Å². The van der Waals surface area contributed by atoms with Gasteiger partial charge in [0.1, 0.15) is 5.82 Å². The zero-order chi connectivity index (χ0) is 15.8. The van der Waals surface area contributed by atoms with Crippen molar-refractivity contribution in [3.05, 3.63) is 47.8 Å². The van der Waals surface area contributed by atoms with Crippen LogP contribution in [0.1, 0.15) is 44.1 Å². The summed E-state index contributed by atoms with van der Waals surface area (Å²) in [7, 11) is 1.62. The number of hydrogen-bond acceptors (Lipinski definition) is 1. The van der Waals surface area contributed by atoms with Gasteiger partial charge in [-0.3, -0.25) is 0 Å².